The molecule has 0 aliphatic heterocycles. The molecule has 0 saturated heterocycles. The Hall–Kier alpha value is -1.71. The van der Waals surface area contributed by atoms with Crippen LogP contribution in [0.1, 0.15) is 43.5 Å². The van der Waals surface area contributed by atoms with Gasteiger partial charge in [-0.3, -0.25) is 4.79 Å². The summed E-state index contributed by atoms with van der Waals surface area (Å²) in [5.74, 6) is -0.0288. The van der Waals surface area contributed by atoms with E-state index in [0.717, 1.165) is 24.9 Å². The van der Waals surface area contributed by atoms with Gasteiger partial charge in [-0.05, 0) is 31.0 Å². The minimum Gasteiger partial charge on any atom is -0.397 e. The smallest absolute Gasteiger partial charge is 0.253 e. The van der Waals surface area contributed by atoms with Gasteiger partial charge >= 0.3 is 0 Å². The van der Waals surface area contributed by atoms with Gasteiger partial charge in [0.2, 0.25) is 0 Å². The number of nitrogen functional groups attached to an aromatic ring is 1. The maximum atomic E-state index is 11.8. The number of hydrogen-bond donors (Lipinski definition) is 2. The van der Waals surface area contributed by atoms with Crippen molar-refractivity contribution in [1.29, 1.82) is 0 Å². The normalized spacial score (nSPS) is 12.0. The average Bonchev–Trinajstić information content (AvgIpc) is 2.39. The number of amides is 1. The summed E-state index contributed by atoms with van der Waals surface area (Å²) in [5.41, 5.74) is 8.19. The number of carbonyl (C=O) groups excluding carboxylic acids is 1. The van der Waals surface area contributed by atoms with Crippen molar-refractivity contribution >= 4 is 17.3 Å². The highest BCUT2D eigenvalue weighted by Gasteiger charge is 2.11. The summed E-state index contributed by atoms with van der Waals surface area (Å²) in [5, 5.41) is 3.44. The third-order valence-corrected chi connectivity index (χ3v) is 3.19. The fourth-order valence-corrected chi connectivity index (χ4v) is 2.03. The Kier molecular flexibility index (Phi) is 5.67. The van der Waals surface area contributed by atoms with E-state index in [-0.39, 0.29) is 5.91 Å². The van der Waals surface area contributed by atoms with Gasteiger partial charge in [0.25, 0.3) is 5.91 Å². The molecule has 0 aromatic heterocycles. The Labute approximate surface area is 116 Å². The fraction of sp³-hybridized carbons (Fsp3) is 0.533. The van der Waals surface area contributed by atoms with Crippen LogP contribution in [0.3, 0.4) is 0 Å². The van der Waals surface area contributed by atoms with Crippen LogP contribution in [-0.2, 0) is 0 Å². The topological polar surface area (TPSA) is 58.4 Å². The predicted octanol–water partition coefficient (Wildman–Crippen LogP) is 2.96. The Balaban J connectivity index is 2.85. The molecule has 1 amide bonds. The van der Waals surface area contributed by atoms with Crippen LogP contribution >= 0.6 is 0 Å². The highest BCUT2D eigenvalue weighted by Crippen LogP contribution is 2.22. The van der Waals surface area contributed by atoms with Crippen LogP contribution < -0.4 is 11.1 Å². The molecule has 19 heavy (non-hydrogen) atoms. The number of carbonyl (C=O) groups is 1. The molecule has 1 atom stereocenters. The van der Waals surface area contributed by atoms with Crippen LogP contribution in [0.5, 0.6) is 0 Å². The molecule has 1 aromatic rings. The first-order valence-corrected chi connectivity index (χ1v) is 6.87. The monoisotopic (exact) mass is 263 g/mol. The maximum absolute atomic E-state index is 11.8. The summed E-state index contributed by atoms with van der Waals surface area (Å²) in [4.78, 5) is 13.4. The summed E-state index contributed by atoms with van der Waals surface area (Å²) < 4.78 is 0. The molecule has 1 rings (SSSR count). The lowest BCUT2D eigenvalue weighted by molar-refractivity contribution is 0.0827. The molecule has 0 radical (unpaired) electrons. The van der Waals surface area contributed by atoms with Crippen molar-refractivity contribution in [2.45, 2.75) is 39.2 Å². The molecule has 3 N–H and O–H groups in total. The van der Waals surface area contributed by atoms with Gasteiger partial charge in [0.1, 0.15) is 0 Å². The summed E-state index contributed by atoms with van der Waals surface area (Å²) in [6, 6.07) is 5.88. The number of nitrogens with one attached hydrogen (secondary N) is 1. The van der Waals surface area contributed by atoms with Crippen molar-refractivity contribution < 1.29 is 4.79 Å². The van der Waals surface area contributed by atoms with Crippen LogP contribution in [0.2, 0.25) is 0 Å². The number of hydrogen-bond acceptors (Lipinski definition) is 3. The first kappa shape index (κ1) is 15.3. The van der Waals surface area contributed by atoms with Crippen molar-refractivity contribution in [1.82, 2.24) is 4.90 Å². The Bertz CT molecular complexity index is 429. The van der Waals surface area contributed by atoms with Crippen LogP contribution in [0.25, 0.3) is 0 Å². The number of nitrogens with zero attached hydrogens (tertiary/aromatic N) is 1. The zero-order chi connectivity index (χ0) is 14.4. The third kappa shape index (κ3) is 4.16. The Morgan fingerprint density at radius 2 is 2.05 bits per heavy atom. The van der Waals surface area contributed by atoms with Gasteiger partial charge in [-0.25, -0.2) is 0 Å². The molecular weight excluding hydrogens is 238 g/mol. The minimum absolute atomic E-state index is 0.0288. The largest absolute Gasteiger partial charge is 0.397 e. The van der Waals surface area contributed by atoms with Crippen LogP contribution in [-0.4, -0.2) is 30.9 Å². The number of anilines is 2. The van der Waals surface area contributed by atoms with Crippen LogP contribution in [0, 0.1) is 0 Å². The molecule has 0 fully saturated rings. The maximum Gasteiger partial charge on any atom is 0.253 e. The molecule has 0 aliphatic carbocycles. The van der Waals surface area contributed by atoms with Gasteiger partial charge in [-0.15, -0.1) is 0 Å². The molecule has 0 spiro atoms. The number of benzene rings is 1. The van der Waals surface area contributed by atoms with E-state index in [1.165, 1.54) is 0 Å². The lowest BCUT2D eigenvalue weighted by atomic mass is 10.1. The van der Waals surface area contributed by atoms with Crippen molar-refractivity contribution in [3.05, 3.63) is 23.8 Å². The number of rotatable bonds is 6. The van der Waals surface area contributed by atoms with E-state index in [1.807, 2.05) is 12.1 Å². The van der Waals surface area contributed by atoms with E-state index in [1.54, 1.807) is 25.1 Å². The standard InChI is InChI=1S/C15H25N3O/c1-5-7-12(6-2)17-14-9-8-11(10-13(14)16)15(19)18(3)4/h8-10,12,17H,5-7,16H2,1-4H3. The van der Waals surface area contributed by atoms with E-state index >= 15 is 0 Å². The average molecular weight is 263 g/mol. The van der Waals surface area contributed by atoms with E-state index in [2.05, 4.69) is 19.2 Å². The van der Waals surface area contributed by atoms with Crippen molar-refractivity contribution in [3.63, 3.8) is 0 Å². The van der Waals surface area contributed by atoms with Crippen molar-refractivity contribution in [2.75, 3.05) is 25.1 Å². The highest BCUT2D eigenvalue weighted by molar-refractivity contribution is 5.95. The molecule has 106 valence electrons. The van der Waals surface area contributed by atoms with E-state index in [0.29, 0.717) is 17.3 Å². The third-order valence-electron chi connectivity index (χ3n) is 3.19. The van der Waals surface area contributed by atoms with Crippen LogP contribution in [0.4, 0.5) is 11.4 Å². The van der Waals surface area contributed by atoms with Gasteiger partial charge in [-0.2, -0.15) is 0 Å². The van der Waals surface area contributed by atoms with E-state index in [4.69, 9.17) is 5.73 Å². The Morgan fingerprint density at radius 1 is 1.37 bits per heavy atom. The molecular formula is C15H25N3O. The number of nitrogens with two attached hydrogens (primary N) is 1. The molecule has 0 bridgehead atoms. The quantitative estimate of drug-likeness (QED) is 0.776. The van der Waals surface area contributed by atoms with Crippen molar-refractivity contribution in [3.8, 4) is 0 Å². The lowest BCUT2D eigenvalue weighted by Gasteiger charge is -2.19. The second kappa shape index (κ2) is 7.02. The van der Waals surface area contributed by atoms with Crippen LogP contribution in [0.15, 0.2) is 18.2 Å². The van der Waals surface area contributed by atoms with E-state index in [9.17, 15) is 4.79 Å². The summed E-state index contributed by atoms with van der Waals surface area (Å²) in [6.07, 6.45) is 3.32. The predicted molar refractivity (Wildman–Crippen MR) is 81.5 cm³/mol. The van der Waals surface area contributed by atoms with Gasteiger partial charge in [0, 0.05) is 25.7 Å². The van der Waals surface area contributed by atoms with Gasteiger partial charge in [-0.1, -0.05) is 20.3 Å². The van der Waals surface area contributed by atoms with Gasteiger partial charge < -0.3 is 16.0 Å². The molecule has 0 saturated carbocycles. The first-order valence-electron chi connectivity index (χ1n) is 6.87. The van der Waals surface area contributed by atoms with Gasteiger partial charge in [0.15, 0.2) is 0 Å². The first-order chi connectivity index (χ1) is 8.99. The lowest BCUT2D eigenvalue weighted by Crippen LogP contribution is -2.22. The Morgan fingerprint density at radius 3 is 2.53 bits per heavy atom. The molecule has 4 heteroatoms. The fourth-order valence-electron chi connectivity index (χ4n) is 2.03. The van der Waals surface area contributed by atoms with Crippen molar-refractivity contribution in [2.24, 2.45) is 0 Å². The second-order valence-electron chi connectivity index (χ2n) is 5.04. The molecule has 1 aromatic carbocycles. The SMILES string of the molecule is CCCC(CC)Nc1ccc(C(=O)N(C)C)cc1N. The molecule has 0 heterocycles. The summed E-state index contributed by atoms with van der Waals surface area (Å²) >= 11 is 0. The molecule has 4 nitrogen and oxygen atoms in total. The zero-order valence-electron chi connectivity index (χ0n) is 12.4. The molecule has 0 aliphatic rings. The summed E-state index contributed by atoms with van der Waals surface area (Å²) in [6.45, 7) is 4.33. The summed E-state index contributed by atoms with van der Waals surface area (Å²) in [7, 11) is 3.47. The minimum atomic E-state index is -0.0288. The van der Waals surface area contributed by atoms with E-state index < -0.39 is 0 Å². The van der Waals surface area contributed by atoms with Gasteiger partial charge in [0.05, 0.1) is 11.4 Å². The zero-order valence-corrected chi connectivity index (χ0v) is 12.4. The highest BCUT2D eigenvalue weighted by atomic mass is 16.2. The molecule has 1 unspecified atom stereocenters. The second-order valence-corrected chi connectivity index (χ2v) is 5.04.